The number of ether oxygens (including phenoxy) is 2. The Hall–Kier alpha value is -0.650. The molecule has 0 aromatic rings. The van der Waals surface area contributed by atoms with E-state index < -0.39 is 18.5 Å². The molecule has 3 atom stereocenters. The van der Waals surface area contributed by atoms with E-state index in [9.17, 15) is 15.0 Å². The van der Waals surface area contributed by atoms with Crippen LogP contribution >= 0.6 is 0 Å². The fraction of sp³-hybridized carbons (Fsp3) is 0.900. The van der Waals surface area contributed by atoms with Crippen LogP contribution in [0.5, 0.6) is 0 Å². The van der Waals surface area contributed by atoms with E-state index in [1.807, 2.05) is 0 Å². The van der Waals surface area contributed by atoms with Crippen LogP contribution in [-0.4, -0.2) is 41.3 Å². The second-order valence-electron chi connectivity index (χ2n) is 4.06. The van der Waals surface area contributed by atoms with E-state index in [-0.39, 0.29) is 18.5 Å². The molecule has 1 rings (SSSR count). The van der Waals surface area contributed by atoms with Crippen molar-refractivity contribution in [3.05, 3.63) is 0 Å². The third-order valence-electron chi connectivity index (χ3n) is 2.33. The lowest BCUT2D eigenvalue weighted by Gasteiger charge is -2.30. The Kier molecular flexibility index (Phi) is 4.50. The molecular weight excluding hydrogens is 200 g/mol. The summed E-state index contributed by atoms with van der Waals surface area (Å²) < 4.78 is 9.98. The SMILES string of the molecule is CC(C)C(=O)OC[C@H]1O[C@H](O)CC[C@@H]1O. The minimum Gasteiger partial charge on any atom is -0.463 e. The van der Waals surface area contributed by atoms with Crippen LogP contribution in [0, 0.1) is 5.92 Å². The van der Waals surface area contributed by atoms with Gasteiger partial charge >= 0.3 is 5.97 Å². The van der Waals surface area contributed by atoms with Gasteiger partial charge in [0.1, 0.15) is 12.7 Å². The molecule has 0 amide bonds. The van der Waals surface area contributed by atoms with Crippen molar-refractivity contribution in [3.63, 3.8) is 0 Å². The number of carbonyl (C=O) groups is 1. The van der Waals surface area contributed by atoms with Crippen LogP contribution in [0.25, 0.3) is 0 Å². The van der Waals surface area contributed by atoms with Gasteiger partial charge in [0.25, 0.3) is 0 Å². The number of hydrogen-bond acceptors (Lipinski definition) is 5. The predicted molar refractivity (Wildman–Crippen MR) is 51.9 cm³/mol. The molecule has 0 aromatic heterocycles. The summed E-state index contributed by atoms with van der Waals surface area (Å²) in [5, 5.41) is 18.7. The molecule has 0 saturated carbocycles. The largest absolute Gasteiger partial charge is 0.463 e. The Morgan fingerprint density at radius 1 is 1.47 bits per heavy atom. The highest BCUT2D eigenvalue weighted by molar-refractivity contribution is 5.71. The fourth-order valence-electron chi connectivity index (χ4n) is 1.34. The van der Waals surface area contributed by atoms with Gasteiger partial charge in [0.05, 0.1) is 12.0 Å². The molecule has 1 aliphatic rings. The van der Waals surface area contributed by atoms with E-state index in [1.54, 1.807) is 13.8 Å². The van der Waals surface area contributed by atoms with Crippen molar-refractivity contribution in [1.82, 2.24) is 0 Å². The summed E-state index contributed by atoms with van der Waals surface area (Å²) in [5.74, 6) is -0.526. The first-order chi connectivity index (χ1) is 7.00. The first kappa shape index (κ1) is 12.4. The van der Waals surface area contributed by atoms with Gasteiger partial charge in [0.2, 0.25) is 0 Å². The molecule has 1 heterocycles. The molecule has 0 radical (unpaired) electrons. The van der Waals surface area contributed by atoms with Gasteiger partial charge in [-0.1, -0.05) is 13.8 Å². The van der Waals surface area contributed by atoms with Gasteiger partial charge in [-0.25, -0.2) is 0 Å². The van der Waals surface area contributed by atoms with E-state index in [1.165, 1.54) is 0 Å². The Labute approximate surface area is 89.0 Å². The highest BCUT2D eigenvalue weighted by atomic mass is 16.6. The van der Waals surface area contributed by atoms with Gasteiger partial charge in [-0.05, 0) is 6.42 Å². The molecule has 0 aromatic carbocycles. The Morgan fingerprint density at radius 2 is 2.13 bits per heavy atom. The summed E-state index contributed by atoms with van der Waals surface area (Å²) in [5.41, 5.74) is 0. The first-order valence-electron chi connectivity index (χ1n) is 5.19. The lowest BCUT2D eigenvalue weighted by Crippen LogP contribution is -2.42. The van der Waals surface area contributed by atoms with Gasteiger partial charge < -0.3 is 19.7 Å². The number of rotatable bonds is 3. The molecular formula is C10H18O5. The normalized spacial score (nSPS) is 31.7. The van der Waals surface area contributed by atoms with E-state index in [0.717, 1.165) is 0 Å². The van der Waals surface area contributed by atoms with Crippen LogP contribution in [0.4, 0.5) is 0 Å². The summed E-state index contributed by atoms with van der Waals surface area (Å²) in [4.78, 5) is 11.2. The molecule has 1 saturated heterocycles. The van der Waals surface area contributed by atoms with Crippen LogP contribution in [0.15, 0.2) is 0 Å². The second-order valence-corrected chi connectivity index (χ2v) is 4.06. The maximum atomic E-state index is 11.2. The van der Waals surface area contributed by atoms with Crippen LogP contribution in [0.3, 0.4) is 0 Å². The number of hydrogen-bond donors (Lipinski definition) is 2. The lowest BCUT2D eigenvalue weighted by atomic mass is 10.1. The molecule has 1 fully saturated rings. The monoisotopic (exact) mass is 218 g/mol. The molecule has 2 N–H and O–H groups in total. The average molecular weight is 218 g/mol. The molecule has 0 unspecified atom stereocenters. The number of aliphatic hydroxyl groups excluding tert-OH is 2. The van der Waals surface area contributed by atoms with Crippen LogP contribution in [-0.2, 0) is 14.3 Å². The van der Waals surface area contributed by atoms with Crippen molar-refractivity contribution in [2.45, 2.75) is 45.2 Å². The third-order valence-corrected chi connectivity index (χ3v) is 2.33. The highest BCUT2D eigenvalue weighted by Gasteiger charge is 2.30. The van der Waals surface area contributed by atoms with Gasteiger partial charge in [-0.15, -0.1) is 0 Å². The minimum absolute atomic E-state index is 0.00472. The molecule has 5 heteroatoms. The van der Waals surface area contributed by atoms with Crippen molar-refractivity contribution < 1.29 is 24.5 Å². The summed E-state index contributed by atoms with van der Waals surface area (Å²) >= 11 is 0. The maximum Gasteiger partial charge on any atom is 0.308 e. The van der Waals surface area contributed by atoms with E-state index in [2.05, 4.69) is 0 Å². The summed E-state index contributed by atoms with van der Waals surface area (Å²) in [6.45, 7) is 3.46. The number of esters is 1. The highest BCUT2D eigenvalue weighted by Crippen LogP contribution is 2.18. The van der Waals surface area contributed by atoms with Gasteiger partial charge in [-0.2, -0.15) is 0 Å². The van der Waals surface area contributed by atoms with Crippen molar-refractivity contribution in [3.8, 4) is 0 Å². The summed E-state index contributed by atoms with van der Waals surface area (Å²) in [6.07, 6.45) is -1.28. The zero-order chi connectivity index (χ0) is 11.4. The number of carbonyl (C=O) groups excluding carboxylic acids is 1. The maximum absolute atomic E-state index is 11.2. The minimum atomic E-state index is -0.865. The van der Waals surface area contributed by atoms with Crippen molar-refractivity contribution in [2.24, 2.45) is 5.92 Å². The van der Waals surface area contributed by atoms with Crippen molar-refractivity contribution in [1.29, 1.82) is 0 Å². The second kappa shape index (κ2) is 5.44. The molecule has 0 spiro atoms. The Balaban J connectivity index is 2.33. The quantitative estimate of drug-likeness (QED) is 0.654. The third kappa shape index (κ3) is 3.77. The standard InChI is InChI=1S/C10H18O5/c1-6(2)10(13)14-5-8-7(11)3-4-9(12)15-8/h6-9,11-12H,3-5H2,1-2H3/t7-,8+,9-/m0/s1. The lowest BCUT2D eigenvalue weighted by molar-refractivity contribution is -0.213. The fourth-order valence-corrected chi connectivity index (χ4v) is 1.34. The molecule has 88 valence electrons. The zero-order valence-corrected chi connectivity index (χ0v) is 9.05. The molecule has 15 heavy (non-hydrogen) atoms. The van der Waals surface area contributed by atoms with Crippen LogP contribution < -0.4 is 0 Å². The summed E-state index contributed by atoms with van der Waals surface area (Å²) in [6, 6.07) is 0. The molecule has 0 aliphatic carbocycles. The van der Waals surface area contributed by atoms with Gasteiger partial charge in [0.15, 0.2) is 6.29 Å². The van der Waals surface area contributed by atoms with Gasteiger partial charge in [-0.3, -0.25) is 4.79 Å². The average Bonchev–Trinajstić information content (AvgIpc) is 2.18. The van der Waals surface area contributed by atoms with Crippen molar-refractivity contribution >= 4 is 5.97 Å². The van der Waals surface area contributed by atoms with Crippen molar-refractivity contribution in [2.75, 3.05) is 6.61 Å². The predicted octanol–water partition coefficient (Wildman–Crippen LogP) is 0.0439. The molecule has 0 bridgehead atoms. The smallest absolute Gasteiger partial charge is 0.308 e. The molecule has 1 aliphatic heterocycles. The van der Waals surface area contributed by atoms with E-state index >= 15 is 0 Å². The zero-order valence-electron chi connectivity index (χ0n) is 9.05. The first-order valence-corrected chi connectivity index (χ1v) is 5.19. The summed E-state index contributed by atoms with van der Waals surface area (Å²) in [7, 11) is 0. The Morgan fingerprint density at radius 3 is 2.73 bits per heavy atom. The van der Waals surface area contributed by atoms with E-state index in [0.29, 0.717) is 12.8 Å². The molecule has 5 nitrogen and oxygen atoms in total. The van der Waals surface area contributed by atoms with Crippen LogP contribution in [0.1, 0.15) is 26.7 Å². The van der Waals surface area contributed by atoms with Gasteiger partial charge in [0, 0.05) is 6.42 Å². The van der Waals surface area contributed by atoms with E-state index in [4.69, 9.17) is 9.47 Å². The topological polar surface area (TPSA) is 76.0 Å². The van der Waals surface area contributed by atoms with Crippen LogP contribution in [0.2, 0.25) is 0 Å². The Bertz CT molecular complexity index is 216. The number of aliphatic hydroxyl groups is 2.